The number of fused-ring (bicyclic) bond motifs is 2. The molecule has 2 amide bonds. The van der Waals surface area contributed by atoms with Crippen LogP contribution in [0.4, 0.5) is 0 Å². The van der Waals surface area contributed by atoms with Crippen molar-refractivity contribution < 1.29 is 19.5 Å². The predicted octanol–water partition coefficient (Wildman–Crippen LogP) is 1.69. The summed E-state index contributed by atoms with van der Waals surface area (Å²) in [4.78, 5) is 70.1. The van der Waals surface area contributed by atoms with Crippen LogP contribution in [0.2, 0.25) is 0 Å². The van der Waals surface area contributed by atoms with Crippen molar-refractivity contribution in [2.24, 2.45) is 5.92 Å². The van der Waals surface area contributed by atoms with Gasteiger partial charge in [0.15, 0.2) is 0 Å². The number of rotatable bonds is 9. The molecule has 2 heterocycles. The number of nitrogens with zero attached hydrogens (tertiary/aromatic N) is 1. The van der Waals surface area contributed by atoms with E-state index in [1.54, 1.807) is 44.3 Å². The number of para-hydroxylation sites is 2. The summed E-state index contributed by atoms with van der Waals surface area (Å²) in [7, 11) is 0. The first kappa shape index (κ1) is 26.4. The van der Waals surface area contributed by atoms with Gasteiger partial charge in [0.05, 0.1) is 10.9 Å². The number of benzene rings is 2. The van der Waals surface area contributed by atoms with E-state index in [1.807, 2.05) is 24.3 Å². The standard InChI is InChI=1S/C27H29N5O6/c1-14(2)22(26(36)37)31-23(33)15(3)29-24(34)21(12-16-13-28-19-10-6-4-8-17(16)19)32-25(35)18-9-5-7-11-20(18)30-27(32)38/h4-11,13-15,21-22,28H,12H2,1-3H3,(H,29,34)(H,30,38)(H,31,33)(H,36,37)/t15-,21-,22-/m0/s1. The summed E-state index contributed by atoms with van der Waals surface area (Å²) in [5.41, 5.74) is 0.445. The summed E-state index contributed by atoms with van der Waals surface area (Å²) in [6.45, 7) is 4.71. The number of aromatic nitrogens is 3. The number of carboxylic acids is 1. The Morgan fingerprint density at radius 1 is 0.895 bits per heavy atom. The third-order valence-corrected chi connectivity index (χ3v) is 6.52. The van der Waals surface area contributed by atoms with E-state index in [9.17, 15) is 29.1 Å². The fourth-order valence-corrected chi connectivity index (χ4v) is 4.44. The fourth-order valence-electron chi connectivity index (χ4n) is 4.44. The SMILES string of the molecule is CC(C)[C@H](NC(=O)[C@H](C)NC(=O)[C@H](Cc1c[nH]c2ccccc12)n1c(=O)[nH]c2ccccc2c1=O)C(=O)O. The maximum Gasteiger partial charge on any atom is 0.329 e. The van der Waals surface area contributed by atoms with E-state index in [1.165, 1.54) is 6.92 Å². The molecule has 3 atom stereocenters. The average Bonchev–Trinajstić information content (AvgIpc) is 3.28. The number of carboxylic acid groups (broad SMARTS) is 1. The number of hydrogen-bond acceptors (Lipinski definition) is 5. The molecule has 0 fully saturated rings. The predicted molar refractivity (Wildman–Crippen MR) is 142 cm³/mol. The van der Waals surface area contributed by atoms with E-state index in [2.05, 4.69) is 20.6 Å². The van der Waals surface area contributed by atoms with Gasteiger partial charge in [0.2, 0.25) is 11.8 Å². The number of carbonyl (C=O) groups is 3. The molecular weight excluding hydrogens is 490 g/mol. The van der Waals surface area contributed by atoms with Gasteiger partial charge in [0.25, 0.3) is 5.56 Å². The molecule has 0 aliphatic rings. The summed E-state index contributed by atoms with van der Waals surface area (Å²) in [5.74, 6) is -3.02. The first-order chi connectivity index (χ1) is 18.1. The van der Waals surface area contributed by atoms with Crippen molar-refractivity contribution in [3.05, 3.63) is 81.1 Å². The lowest BCUT2D eigenvalue weighted by atomic mass is 10.0. The number of aliphatic carboxylic acids is 1. The Balaban J connectivity index is 1.71. The minimum atomic E-state index is -1.30. The van der Waals surface area contributed by atoms with Gasteiger partial charge in [0.1, 0.15) is 18.1 Å². The van der Waals surface area contributed by atoms with Crippen molar-refractivity contribution in [3.63, 3.8) is 0 Å². The molecule has 11 heteroatoms. The second-order valence-electron chi connectivity index (χ2n) is 9.53. The quantitative estimate of drug-likeness (QED) is 0.226. The van der Waals surface area contributed by atoms with E-state index in [4.69, 9.17) is 0 Å². The molecule has 4 rings (SSSR count). The first-order valence-electron chi connectivity index (χ1n) is 12.2. The molecule has 4 aromatic rings. The summed E-state index contributed by atoms with van der Waals surface area (Å²) < 4.78 is 0.859. The van der Waals surface area contributed by atoms with E-state index >= 15 is 0 Å². The van der Waals surface area contributed by atoms with Crippen LogP contribution >= 0.6 is 0 Å². The second-order valence-corrected chi connectivity index (χ2v) is 9.53. The van der Waals surface area contributed by atoms with E-state index in [-0.39, 0.29) is 17.7 Å². The van der Waals surface area contributed by atoms with Gasteiger partial charge < -0.3 is 25.7 Å². The minimum absolute atomic E-state index is 0.0186. The Labute approximate surface area is 216 Å². The molecule has 11 nitrogen and oxygen atoms in total. The van der Waals surface area contributed by atoms with Crippen LogP contribution in [0.15, 0.2) is 64.3 Å². The maximum absolute atomic E-state index is 13.6. The van der Waals surface area contributed by atoms with Gasteiger partial charge in [-0.25, -0.2) is 14.2 Å². The average molecular weight is 520 g/mol. The Hall–Kier alpha value is -4.67. The van der Waals surface area contributed by atoms with E-state index < -0.39 is 47.2 Å². The number of hydrogen-bond donors (Lipinski definition) is 5. The minimum Gasteiger partial charge on any atom is -0.480 e. The lowest BCUT2D eigenvalue weighted by molar-refractivity contribution is -0.143. The van der Waals surface area contributed by atoms with Crippen molar-refractivity contribution in [2.45, 2.75) is 45.3 Å². The largest absolute Gasteiger partial charge is 0.480 e. The van der Waals surface area contributed by atoms with Crippen molar-refractivity contribution in [3.8, 4) is 0 Å². The number of nitrogens with one attached hydrogen (secondary N) is 4. The molecule has 5 N–H and O–H groups in total. The van der Waals surface area contributed by atoms with Crippen LogP contribution in [0.3, 0.4) is 0 Å². The zero-order valence-electron chi connectivity index (χ0n) is 21.1. The van der Waals surface area contributed by atoms with Gasteiger partial charge in [0, 0.05) is 23.5 Å². The lowest BCUT2D eigenvalue weighted by Gasteiger charge is -2.23. The Kier molecular flexibility index (Phi) is 7.47. The Morgan fingerprint density at radius 3 is 2.18 bits per heavy atom. The van der Waals surface area contributed by atoms with Crippen LogP contribution < -0.4 is 21.9 Å². The van der Waals surface area contributed by atoms with Crippen molar-refractivity contribution in [1.82, 2.24) is 25.2 Å². The lowest BCUT2D eigenvalue weighted by Crippen LogP contribution is -2.54. The van der Waals surface area contributed by atoms with Gasteiger partial charge in [-0.15, -0.1) is 0 Å². The number of aromatic amines is 2. The van der Waals surface area contributed by atoms with Crippen LogP contribution in [0, 0.1) is 5.92 Å². The topological polar surface area (TPSA) is 166 Å². The molecule has 0 unspecified atom stereocenters. The smallest absolute Gasteiger partial charge is 0.329 e. The third kappa shape index (κ3) is 5.22. The molecule has 0 radical (unpaired) electrons. The second kappa shape index (κ2) is 10.8. The van der Waals surface area contributed by atoms with Crippen LogP contribution in [0.1, 0.15) is 32.4 Å². The number of amides is 2. The molecule has 198 valence electrons. The van der Waals surface area contributed by atoms with Crippen molar-refractivity contribution in [2.75, 3.05) is 0 Å². The van der Waals surface area contributed by atoms with Gasteiger partial charge in [-0.1, -0.05) is 44.2 Å². The summed E-state index contributed by atoms with van der Waals surface area (Å²) in [5, 5.41) is 15.4. The van der Waals surface area contributed by atoms with Crippen LogP contribution in [0.5, 0.6) is 0 Å². The van der Waals surface area contributed by atoms with Crippen LogP contribution in [0.25, 0.3) is 21.8 Å². The highest BCUT2D eigenvalue weighted by atomic mass is 16.4. The Morgan fingerprint density at radius 2 is 1.53 bits per heavy atom. The van der Waals surface area contributed by atoms with Gasteiger partial charge in [-0.05, 0) is 36.6 Å². The normalized spacial score (nSPS) is 13.8. The highest BCUT2D eigenvalue weighted by Gasteiger charge is 2.31. The maximum atomic E-state index is 13.6. The molecule has 2 aromatic heterocycles. The molecule has 38 heavy (non-hydrogen) atoms. The number of carbonyl (C=O) groups excluding carboxylic acids is 2. The van der Waals surface area contributed by atoms with Gasteiger partial charge >= 0.3 is 11.7 Å². The molecule has 0 saturated heterocycles. The van der Waals surface area contributed by atoms with Crippen LogP contribution in [-0.2, 0) is 20.8 Å². The van der Waals surface area contributed by atoms with Gasteiger partial charge in [-0.2, -0.15) is 0 Å². The van der Waals surface area contributed by atoms with E-state index in [0.717, 1.165) is 15.5 Å². The fraction of sp³-hybridized carbons (Fsp3) is 0.296. The molecule has 0 bridgehead atoms. The molecule has 2 aromatic carbocycles. The molecule has 0 aliphatic carbocycles. The zero-order chi connectivity index (χ0) is 27.6. The molecule has 0 saturated carbocycles. The molecule has 0 aliphatic heterocycles. The third-order valence-electron chi connectivity index (χ3n) is 6.52. The van der Waals surface area contributed by atoms with Crippen LogP contribution in [-0.4, -0.2) is 49.5 Å². The summed E-state index contributed by atoms with van der Waals surface area (Å²) >= 11 is 0. The highest BCUT2D eigenvalue weighted by Crippen LogP contribution is 2.22. The van der Waals surface area contributed by atoms with Crippen molar-refractivity contribution >= 4 is 39.6 Å². The Bertz CT molecular complexity index is 1630. The number of H-pyrrole nitrogens is 2. The van der Waals surface area contributed by atoms with Gasteiger partial charge in [-0.3, -0.25) is 14.4 Å². The monoisotopic (exact) mass is 519 g/mol. The summed E-state index contributed by atoms with van der Waals surface area (Å²) in [6, 6.07) is 10.3. The zero-order valence-corrected chi connectivity index (χ0v) is 21.1. The first-order valence-corrected chi connectivity index (χ1v) is 12.2. The molecular formula is C27H29N5O6. The summed E-state index contributed by atoms with van der Waals surface area (Å²) in [6.07, 6.45) is 1.69. The molecule has 0 spiro atoms. The van der Waals surface area contributed by atoms with Crippen molar-refractivity contribution in [1.29, 1.82) is 0 Å². The highest BCUT2D eigenvalue weighted by molar-refractivity contribution is 5.92. The van der Waals surface area contributed by atoms with E-state index in [0.29, 0.717) is 11.1 Å².